The minimum Gasteiger partial charge on any atom is -0.457 e. The second-order valence-electron chi connectivity index (χ2n) is 11.8. The SMILES string of the molecule is CCC(OC(N)=O)C(C)C1OC1CC(C)/C=C/C=C(\C)C1OC(=O)CC(O)CCC(C)(O)C(OC(C)=O)/C=C\C1C. The zero-order valence-corrected chi connectivity index (χ0v) is 25.4. The van der Waals surface area contributed by atoms with Crippen molar-refractivity contribution in [1.29, 1.82) is 0 Å². The number of aliphatic hydroxyl groups excluding tert-OH is 1. The number of nitrogens with two attached hydrogens (primary N) is 1. The molecule has 1 fully saturated rings. The van der Waals surface area contributed by atoms with Gasteiger partial charge in [-0.3, -0.25) is 9.59 Å². The molecule has 10 heteroatoms. The van der Waals surface area contributed by atoms with Crippen molar-refractivity contribution in [2.75, 3.05) is 0 Å². The van der Waals surface area contributed by atoms with Gasteiger partial charge in [0.15, 0.2) is 0 Å². The standard InChI is InChI=1S/C31H49NO9/c1-8-24(40-30(32)36)21(5)29-25(39-29)16-18(2)10-9-11-19(3)28-20(4)12-13-26(38-22(6)33)31(7,37)15-14-23(34)17-27(35)41-28/h9-13,18,20-21,23-26,28-29,34,37H,8,14-17H2,1-7H3,(H2,32,36)/b10-9+,13-12-,19-11+. The van der Waals surface area contributed by atoms with Crippen LogP contribution in [0.15, 0.2) is 36.0 Å². The van der Waals surface area contributed by atoms with Gasteiger partial charge >= 0.3 is 18.0 Å². The summed E-state index contributed by atoms with van der Waals surface area (Å²) in [5, 5.41) is 21.3. The van der Waals surface area contributed by atoms with Gasteiger partial charge in [0.05, 0.1) is 24.7 Å². The summed E-state index contributed by atoms with van der Waals surface area (Å²) in [6, 6.07) is 0. The molecule has 0 radical (unpaired) electrons. The minimum absolute atomic E-state index is 0.0163. The average Bonchev–Trinajstić information content (AvgIpc) is 3.64. The van der Waals surface area contributed by atoms with Gasteiger partial charge in [0, 0.05) is 18.8 Å². The summed E-state index contributed by atoms with van der Waals surface area (Å²) in [6.45, 7) is 12.6. The molecule has 2 aliphatic heterocycles. The lowest BCUT2D eigenvalue weighted by Gasteiger charge is -2.32. The van der Waals surface area contributed by atoms with Crippen molar-refractivity contribution in [2.24, 2.45) is 23.5 Å². The number of amides is 1. The first-order chi connectivity index (χ1) is 19.1. The fourth-order valence-electron chi connectivity index (χ4n) is 5.30. The Balaban J connectivity index is 2.10. The normalized spacial score (nSPS) is 34.4. The quantitative estimate of drug-likeness (QED) is 0.114. The summed E-state index contributed by atoms with van der Waals surface area (Å²) in [7, 11) is 0. The molecule has 10 nitrogen and oxygen atoms in total. The Hall–Kier alpha value is -2.69. The number of aliphatic hydroxyl groups is 2. The summed E-state index contributed by atoms with van der Waals surface area (Å²) in [5.74, 6) is -1.11. The van der Waals surface area contributed by atoms with Crippen LogP contribution in [0, 0.1) is 17.8 Å². The Morgan fingerprint density at radius 3 is 2.56 bits per heavy atom. The van der Waals surface area contributed by atoms with Crippen LogP contribution in [0.25, 0.3) is 0 Å². The summed E-state index contributed by atoms with van der Waals surface area (Å²) in [5.41, 5.74) is 4.57. The maximum absolute atomic E-state index is 12.6. The number of cyclic esters (lactones) is 1. The first-order valence-electron chi connectivity index (χ1n) is 14.6. The third kappa shape index (κ3) is 11.2. The van der Waals surface area contributed by atoms with E-state index in [4.69, 9.17) is 24.7 Å². The zero-order valence-electron chi connectivity index (χ0n) is 25.4. The molecule has 10 unspecified atom stereocenters. The lowest BCUT2D eigenvalue weighted by Crippen LogP contribution is -2.42. The molecule has 0 saturated carbocycles. The van der Waals surface area contributed by atoms with Gasteiger partial charge in [-0.05, 0) is 57.1 Å². The van der Waals surface area contributed by atoms with E-state index in [2.05, 4.69) is 13.0 Å². The van der Waals surface area contributed by atoms with Crippen molar-refractivity contribution in [2.45, 2.75) is 123 Å². The molecule has 2 rings (SSSR count). The molecule has 0 spiro atoms. The predicted octanol–water partition coefficient (Wildman–Crippen LogP) is 4.12. The highest BCUT2D eigenvalue weighted by molar-refractivity contribution is 5.70. The number of primary amides is 1. The third-order valence-electron chi connectivity index (χ3n) is 7.87. The molecular weight excluding hydrogens is 530 g/mol. The number of hydrogen-bond donors (Lipinski definition) is 3. The molecule has 2 aliphatic rings. The largest absolute Gasteiger partial charge is 0.457 e. The summed E-state index contributed by atoms with van der Waals surface area (Å²) < 4.78 is 22.2. The first kappa shape index (κ1) is 34.5. The van der Waals surface area contributed by atoms with Crippen LogP contribution in [0.3, 0.4) is 0 Å². The first-order valence-corrected chi connectivity index (χ1v) is 14.6. The molecule has 0 bridgehead atoms. The molecule has 232 valence electrons. The smallest absolute Gasteiger partial charge is 0.404 e. The molecule has 0 aromatic carbocycles. The molecule has 4 N–H and O–H groups in total. The highest BCUT2D eigenvalue weighted by Crippen LogP contribution is 2.37. The van der Waals surface area contributed by atoms with Gasteiger partial charge < -0.3 is 34.9 Å². The van der Waals surface area contributed by atoms with E-state index in [1.54, 1.807) is 19.1 Å². The second kappa shape index (κ2) is 15.5. The van der Waals surface area contributed by atoms with Crippen molar-refractivity contribution in [1.82, 2.24) is 0 Å². The summed E-state index contributed by atoms with van der Waals surface area (Å²) in [6.07, 6.45) is 7.32. The molecule has 1 amide bonds. The van der Waals surface area contributed by atoms with E-state index >= 15 is 0 Å². The number of epoxide rings is 1. The van der Waals surface area contributed by atoms with Crippen LogP contribution >= 0.6 is 0 Å². The van der Waals surface area contributed by atoms with Crippen LogP contribution in [0.4, 0.5) is 4.79 Å². The van der Waals surface area contributed by atoms with Crippen LogP contribution in [0.1, 0.15) is 80.6 Å². The monoisotopic (exact) mass is 579 g/mol. The van der Waals surface area contributed by atoms with E-state index < -0.39 is 41.9 Å². The van der Waals surface area contributed by atoms with Crippen molar-refractivity contribution < 1.29 is 43.5 Å². The summed E-state index contributed by atoms with van der Waals surface area (Å²) in [4.78, 5) is 35.5. The lowest BCUT2D eigenvalue weighted by molar-refractivity contribution is -0.157. The molecular formula is C31H49NO9. The van der Waals surface area contributed by atoms with Gasteiger partial charge in [0.2, 0.25) is 0 Å². The van der Waals surface area contributed by atoms with E-state index in [1.165, 1.54) is 6.92 Å². The van der Waals surface area contributed by atoms with Crippen molar-refractivity contribution in [3.63, 3.8) is 0 Å². The van der Waals surface area contributed by atoms with E-state index in [-0.39, 0.29) is 55.3 Å². The molecule has 41 heavy (non-hydrogen) atoms. The van der Waals surface area contributed by atoms with Crippen LogP contribution in [-0.4, -0.2) is 70.5 Å². The molecule has 1 saturated heterocycles. The number of rotatable bonds is 10. The Kier molecular flexibility index (Phi) is 13.1. The predicted molar refractivity (Wildman–Crippen MR) is 153 cm³/mol. The number of hydrogen-bond acceptors (Lipinski definition) is 9. The fraction of sp³-hybridized carbons (Fsp3) is 0.710. The van der Waals surface area contributed by atoms with Crippen molar-refractivity contribution >= 4 is 18.0 Å². The van der Waals surface area contributed by atoms with E-state index in [1.807, 2.05) is 39.8 Å². The van der Waals surface area contributed by atoms with Gasteiger partial charge in [-0.2, -0.15) is 0 Å². The van der Waals surface area contributed by atoms with Crippen molar-refractivity contribution in [3.8, 4) is 0 Å². The van der Waals surface area contributed by atoms with Gasteiger partial charge in [-0.25, -0.2) is 4.79 Å². The number of carbonyl (C=O) groups excluding carboxylic acids is 3. The van der Waals surface area contributed by atoms with Crippen molar-refractivity contribution in [3.05, 3.63) is 36.0 Å². The number of carbonyl (C=O) groups is 3. The Bertz CT molecular complexity index is 988. The molecule has 0 aromatic rings. The van der Waals surface area contributed by atoms with E-state index in [9.17, 15) is 24.6 Å². The Morgan fingerprint density at radius 2 is 1.95 bits per heavy atom. The molecule has 2 heterocycles. The van der Waals surface area contributed by atoms with Crippen LogP contribution in [-0.2, 0) is 28.5 Å². The minimum atomic E-state index is -1.42. The molecule has 0 aliphatic carbocycles. The number of ether oxygens (including phenoxy) is 4. The van der Waals surface area contributed by atoms with Crippen LogP contribution in [0.2, 0.25) is 0 Å². The van der Waals surface area contributed by atoms with Crippen LogP contribution in [0.5, 0.6) is 0 Å². The molecule has 10 atom stereocenters. The van der Waals surface area contributed by atoms with Gasteiger partial charge in [0.1, 0.15) is 23.9 Å². The van der Waals surface area contributed by atoms with Gasteiger partial charge in [0.25, 0.3) is 0 Å². The maximum Gasteiger partial charge on any atom is 0.404 e. The zero-order chi connectivity index (χ0) is 30.9. The Labute approximate surface area is 243 Å². The van der Waals surface area contributed by atoms with E-state index in [0.29, 0.717) is 6.42 Å². The maximum atomic E-state index is 12.6. The Morgan fingerprint density at radius 1 is 1.27 bits per heavy atom. The van der Waals surface area contributed by atoms with Crippen LogP contribution < -0.4 is 5.73 Å². The topological polar surface area (TPSA) is 158 Å². The van der Waals surface area contributed by atoms with E-state index in [0.717, 1.165) is 12.0 Å². The van der Waals surface area contributed by atoms with Gasteiger partial charge in [-0.1, -0.05) is 52.0 Å². The lowest BCUT2D eigenvalue weighted by atomic mass is 9.88. The third-order valence-corrected chi connectivity index (χ3v) is 7.87. The number of allylic oxidation sites excluding steroid dienone is 3. The fourth-order valence-corrected chi connectivity index (χ4v) is 5.30. The average molecular weight is 580 g/mol. The second-order valence-corrected chi connectivity index (χ2v) is 11.8. The van der Waals surface area contributed by atoms with Gasteiger partial charge in [-0.15, -0.1) is 0 Å². The summed E-state index contributed by atoms with van der Waals surface area (Å²) >= 11 is 0. The highest BCUT2D eigenvalue weighted by Gasteiger charge is 2.46. The molecule has 0 aromatic heterocycles. The number of esters is 2. The highest BCUT2D eigenvalue weighted by atomic mass is 16.6.